The highest BCUT2D eigenvalue weighted by Gasteiger charge is 2.21. The summed E-state index contributed by atoms with van der Waals surface area (Å²) in [7, 11) is 5.26. The maximum Gasteiger partial charge on any atom is 0.272 e. The largest absolute Gasteiger partial charge is 0.496 e. The summed E-state index contributed by atoms with van der Waals surface area (Å²) in [6.45, 7) is 2.02. The lowest BCUT2D eigenvalue weighted by atomic mass is 10.00. The van der Waals surface area contributed by atoms with E-state index in [4.69, 9.17) is 4.74 Å². The summed E-state index contributed by atoms with van der Waals surface area (Å²) in [6.07, 6.45) is 1.63. The molecular weight excluding hydrogens is 326 g/mol. The number of carbonyl (C=O) groups is 1. The molecule has 2 aromatic carbocycles. The summed E-state index contributed by atoms with van der Waals surface area (Å²) in [5.41, 5.74) is 3.78. The van der Waals surface area contributed by atoms with Gasteiger partial charge in [-0.3, -0.25) is 9.48 Å². The summed E-state index contributed by atoms with van der Waals surface area (Å²) in [6, 6.07) is 17.9. The van der Waals surface area contributed by atoms with Crippen molar-refractivity contribution in [3.63, 3.8) is 0 Å². The van der Waals surface area contributed by atoms with Crippen LogP contribution in [0.1, 0.15) is 29.0 Å². The minimum Gasteiger partial charge on any atom is -0.496 e. The number of amides is 1. The van der Waals surface area contributed by atoms with Crippen molar-refractivity contribution in [3.05, 3.63) is 72.1 Å². The molecule has 0 bridgehead atoms. The number of methoxy groups -OCH3 is 1. The first kappa shape index (κ1) is 17.7. The lowest BCUT2D eigenvalue weighted by molar-refractivity contribution is 0.0731. The molecule has 0 radical (unpaired) electrons. The third kappa shape index (κ3) is 3.33. The first-order valence-electron chi connectivity index (χ1n) is 8.51. The molecule has 0 aliphatic heterocycles. The first-order valence-corrected chi connectivity index (χ1v) is 8.51. The molecule has 1 heterocycles. The van der Waals surface area contributed by atoms with Crippen LogP contribution >= 0.6 is 0 Å². The minimum absolute atomic E-state index is 0.0497. The molecule has 3 rings (SSSR count). The predicted octanol–water partition coefficient (Wildman–Crippen LogP) is 3.93. The third-order valence-electron chi connectivity index (χ3n) is 4.75. The smallest absolute Gasteiger partial charge is 0.272 e. The standard InChI is InChI=1S/C21H23N3O2/c1-15(23(2)21(25)19-13-14-22-24(19)3)16-9-11-17(12-10-16)18-7-5-6-8-20(18)26-4/h5-15H,1-4H3/t15-/m1/s1. The van der Waals surface area contributed by atoms with E-state index >= 15 is 0 Å². The highest BCUT2D eigenvalue weighted by molar-refractivity contribution is 5.92. The molecule has 134 valence electrons. The van der Waals surface area contributed by atoms with Gasteiger partial charge in [-0.15, -0.1) is 0 Å². The Balaban J connectivity index is 1.82. The highest BCUT2D eigenvalue weighted by Crippen LogP contribution is 2.31. The van der Waals surface area contributed by atoms with E-state index in [1.807, 2.05) is 38.2 Å². The van der Waals surface area contributed by atoms with Crippen LogP contribution in [0.5, 0.6) is 5.75 Å². The molecule has 1 aromatic heterocycles. The second-order valence-corrected chi connectivity index (χ2v) is 6.25. The number of aryl methyl sites for hydroxylation is 1. The van der Waals surface area contributed by atoms with Gasteiger partial charge in [0, 0.05) is 25.9 Å². The Morgan fingerprint density at radius 3 is 2.42 bits per heavy atom. The molecule has 1 amide bonds. The van der Waals surface area contributed by atoms with E-state index in [1.165, 1.54) is 0 Å². The van der Waals surface area contributed by atoms with E-state index in [0.717, 1.165) is 22.4 Å². The van der Waals surface area contributed by atoms with Gasteiger partial charge in [0.05, 0.1) is 13.2 Å². The molecular formula is C21H23N3O2. The van der Waals surface area contributed by atoms with Crippen LogP contribution in [0.4, 0.5) is 0 Å². The van der Waals surface area contributed by atoms with E-state index < -0.39 is 0 Å². The number of nitrogens with zero attached hydrogens (tertiary/aromatic N) is 3. The molecule has 0 saturated carbocycles. The van der Waals surface area contributed by atoms with Gasteiger partial charge in [0.2, 0.25) is 0 Å². The topological polar surface area (TPSA) is 47.4 Å². The second-order valence-electron chi connectivity index (χ2n) is 6.25. The molecule has 0 unspecified atom stereocenters. The van der Waals surface area contributed by atoms with Gasteiger partial charge in [0.15, 0.2) is 0 Å². The van der Waals surface area contributed by atoms with Crippen LogP contribution in [0, 0.1) is 0 Å². The summed E-state index contributed by atoms with van der Waals surface area (Å²) in [5.74, 6) is 0.795. The number of benzene rings is 2. The molecule has 0 aliphatic carbocycles. The van der Waals surface area contributed by atoms with Crippen LogP contribution in [0.2, 0.25) is 0 Å². The van der Waals surface area contributed by atoms with E-state index in [2.05, 4.69) is 29.4 Å². The number of ether oxygens (including phenoxy) is 1. The normalized spacial score (nSPS) is 11.8. The summed E-state index contributed by atoms with van der Waals surface area (Å²) >= 11 is 0. The summed E-state index contributed by atoms with van der Waals surface area (Å²) in [4.78, 5) is 14.4. The molecule has 5 nitrogen and oxygen atoms in total. The van der Waals surface area contributed by atoms with Crippen molar-refractivity contribution in [1.29, 1.82) is 0 Å². The summed E-state index contributed by atoms with van der Waals surface area (Å²) < 4.78 is 7.03. The third-order valence-corrected chi connectivity index (χ3v) is 4.75. The summed E-state index contributed by atoms with van der Waals surface area (Å²) in [5, 5.41) is 4.07. The Hall–Kier alpha value is -3.08. The van der Waals surface area contributed by atoms with Crippen LogP contribution in [0.3, 0.4) is 0 Å². The fourth-order valence-corrected chi connectivity index (χ4v) is 2.99. The van der Waals surface area contributed by atoms with Crippen molar-refractivity contribution < 1.29 is 9.53 Å². The van der Waals surface area contributed by atoms with Crippen LogP contribution in [-0.2, 0) is 7.05 Å². The molecule has 5 heteroatoms. The fourth-order valence-electron chi connectivity index (χ4n) is 2.99. The van der Waals surface area contributed by atoms with Crippen molar-refractivity contribution in [2.75, 3.05) is 14.2 Å². The number of para-hydroxylation sites is 1. The Morgan fingerprint density at radius 2 is 1.81 bits per heavy atom. The van der Waals surface area contributed by atoms with Crippen molar-refractivity contribution in [2.24, 2.45) is 7.05 Å². The van der Waals surface area contributed by atoms with Gasteiger partial charge >= 0.3 is 0 Å². The quantitative estimate of drug-likeness (QED) is 0.701. The average molecular weight is 349 g/mol. The molecule has 0 fully saturated rings. The van der Waals surface area contributed by atoms with Crippen LogP contribution < -0.4 is 4.74 Å². The molecule has 3 aromatic rings. The fraction of sp³-hybridized carbons (Fsp3) is 0.238. The molecule has 0 saturated heterocycles. The van der Waals surface area contributed by atoms with Crippen molar-refractivity contribution in [1.82, 2.24) is 14.7 Å². The minimum atomic E-state index is -0.0517. The van der Waals surface area contributed by atoms with Gasteiger partial charge in [-0.1, -0.05) is 42.5 Å². The first-order chi connectivity index (χ1) is 12.5. The number of rotatable bonds is 5. The van der Waals surface area contributed by atoms with E-state index in [-0.39, 0.29) is 11.9 Å². The second kappa shape index (κ2) is 7.44. The monoisotopic (exact) mass is 349 g/mol. The molecule has 0 spiro atoms. The van der Waals surface area contributed by atoms with Crippen LogP contribution in [-0.4, -0.2) is 34.7 Å². The number of hydrogen-bond donors (Lipinski definition) is 0. The van der Waals surface area contributed by atoms with Gasteiger partial charge in [-0.2, -0.15) is 5.10 Å². The van der Waals surface area contributed by atoms with Crippen molar-refractivity contribution in [3.8, 4) is 16.9 Å². The zero-order valence-corrected chi connectivity index (χ0v) is 15.5. The molecule has 0 aliphatic rings. The molecule has 1 atom stereocenters. The zero-order chi connectivity index (χ0) is 18.7. The maximum atomic E-state index is 12.7. The van der Waals surface area contributed by atoms with Crippen LogP contribution in [0.15, 0.2) is 60.8 Å². The van der Waals surface area contributed by atoms with E-state index in [1.54, 1.807) is 36.0 Å². The van der Waals surface area contributed by atoms with Crippen molar-refractivity contribution in [2.45, 2.75) is 13.0 Å². The SMILES string of the molecule is COc1ccccc1-c1ccc([C@@H](C)N(C)C(=O)c2ccnn2C)cc1. The predicted molar refractivity (Wildman–Crippen MR) is 102 cm³/mol. The van der Waals surface area contributed by atoms with Crippen molar-refractivity contribution >= 4 is 5.91 Å². The number of hydrogen-bond acceptors (Lipinski definition) is 3. The Morgan fingerprint density at radius 1 is 1.12 bits per heavy atom. The van der Waals surface area contributed by atoms with Gasteiger partial charge in [-0.25, -0.2) is 0 Å². The van der Waals surface area contributed by atoms with Crippen LogP contribution in [0.25, 0.3) is 11.1 Å². The van der Waals surface area contributed by atoms with Gasteiger partial charge in [0.25, 0.3) is 5.91 Å². The molecule has 26 heavy (non-hydrogen) atoms. The average Bonchev–Trinajstić information content (AvgIpc) is 3.12. The lowest BCUT2D eigenvalue weighted by Crippen LogP contribution is -2.31. The van der Waals surface area contributed by atoms with E-state index in [0.29, 0.717) is 5.69 Å². The number of aromatic nitrogens is 2. The van der Waals surface area contributed by atoms with Gasteiger partial charge in [-0.05, 0) is 30.2 Å². The van der Waals surface area contributed by atoms with Gasteiger partial charge < -0.3 is 9.64 Å². The maximum absolute atomic E-state index is 12.7. The molecule has 0 N–H and O–H groups in total. The Bertz CT molecular complexity index is 900. The lowest BCUT2D eigenvalue weighted by Gasteiger charge is -2.25. The Labute approximate surface area is 153 Å². The number of carbonyl (C=O) groups excluding carboxylic acids is 1. The zero-order valence-electron chi connectivity index (χ0n) is 15.5. The van der Waals surface area contributed by atoms with E-state index in [9.17, 15) is 4.79 Å². The Kier molecular flexibility index (Phi) is 5.07. The highest BCUT2D eigenvalue weighted by atomic mass is 16.5. The van der Waals surface area contributed by atoms with Gasteiger partial charge in [0.1, 0.15) is 11.4 Å².